The fourth-order valence-electron chi connectivity index (χ4n) is 2.82. The van der Waals surface area contributed by atoms with Crippen LogP contribution in [0.4, 0.5) is 0 Å². The first kappa shape index (κ1) is 27.7. The van der Waals surface area contributed by atoms with Gasteiger partial charge in [-0.3, -0.25) is 9.59 Å². The van der Waals surface area contributed by atoms with Gasteiger partial charge < -0.3 is 20.6 Å². The second-order valence-electron chi connectivity index (χ2n) is 8.26. The van der Waals surface area contributed by atoms with Crippen molar-refractivity contribution in [2.75, 3.05) is 26.2 Å². The molecule has 1 atom stereocenters. The molecule has 1 aromatic carbocycles. The van der Waals surface area contributed by atoms with Crippen LogP contribution >= 0.6 is 11.3 Å². The molecule has 1 aliphatic rings. The van der Waals surface area contributed by atoms with Gasteiger partial charge >= 0.3 is 0 Å². The molecule has 0 saturated carbocycles. The normalized spacial score (nSPS) is 14.8. The number of aromatic nitrogens is 1. The van der Waals surface area contributed by atoms with Crippen LogP contribution in [0.15, 0.2) is 29.8 Å². The zero-order valence-corrected chi connectivity index (χ0v) is 20.7. The number of β-amino-alcohol motifs (C(OH)–C–C–N with tert-alkyl or cyclic N) is 1. The number of carbonyl (C=O) groups is 2. The highest BCUT2D eigenvalue weighted by atomic mass is 32.1. The monoisotopic (exact) mass is 462 g/mol. The summed E-state index contributed by atoms with van der Waals surface area (Å²) < 4.78 is 0. The Morgan fingerprint density at radius 1 is 1.31 bits per heavy atom. The fourth-order valence-corrected chi connectivity index (χ4v) is 3.64. The molecule has 1 saturated heterocycles. The second kappa shape index (κ2) is 15.5. The number of aliphatic hydroxyl groups is 1. The van der Waals surface area contributed by atoms with E-state index in [1.54, 1.807) is 16.2 Å². The minimum absolute atomic E-state index is 0.0911. The molecule has 1 aromatic heterocycles. The number of nitrogens with one attached hydrogen (secondary N) is 2. The minimum atomic E-state index is -0.310. The Morgan fingerprint density at radius 2 is 1.97 bits per heavy atom. The van der Waals surface area contributed by atoms with E-state index in [2.05, 4.69) is 48.5 Å². The first-order chi connectivity index (χ1) is 15.3. The number of hydrogen-bond donors (Lipinski definition) is 3. The molecule has 0 aliphatic carbocycles. The van der Waals surface area contributed by atoms with Gasteiger partial charge in [-0.25, -0.2) is 4.98 Å². The van der Waals surface area contributed by atoms with Crippen molar-refractivity contribution < 1.29 is 14.7 Å². The maximum atomic E-state index is 11.3. The van der Waals surface area contributed by atoms with Crippen LogP contribution in [-0.4, -0.2) is 59.6 Å². The van der Waals surface area contributed by atoms with Gasteiger partial charge in [0.2, 0.25) is 12.3 Å². The Labute approximate surface area is 196 Å². The molecule has 1 fully saturated rings. The molecule has 178 valence electrons. The van der Waals surface area contributed by atoms with E-state index in [1.807, 2.05) is 31.5 Å². The van der Waals surface area contributed by atoms with Crippen molar-refractivity contribution in [1.29, 1.82) is 0 Å². The molecule has 3 rings (SSSR count). The molecule has 0 bridgehead atoms. The summed E-state index contributed by atoms with van der Waals surface area (Å²) in [6.07, 6.45) is 1.12. The molecule has 32 heavy (non-hydrogen) atoms. The summed E-state index contributed by atoms with van der Waals surface area (Å²) in [5.41, 5.74) is 5.18. The molecular weight excluding hydrogens is 424 g/mol. The molecule has 2 amide bonds. The summed E-state index contributed by atoms with van der Waals surface area (Å²) in [5, 5.41) is 14.8. The van der Waals surface area contributed by atoms with Crippen molar-refractivity contribution in [3.63, 3.8) is 0 Å². The van der Waals surface area contributed by atoms with E-state index < -0.39 is 0 Å². The van der Waals surface area contributed by atoms with Gasteiger partial charge in [-0.05, 0) is 36.9 Å². The van der Waals surface area contributed by atoms with Gasteiger partial charge in [0.25, 0.3) is 0 Å². The molecule has 0 radical (unpaired) electrons. The summed E-state index contributed by atoms with van der Waals surface area (Å²) in [7, 11) is 0. The average molecular weight is 463 g/mol. The Bertz CT molecular complexity index is 790. The van der Waals surface area contributed by atoms with Crippen molar-refractivity contribution in [3.8, 4) is 10.4 Å². The lowest BCUT2D eigenvalue weighted by molar-refractivity contribution is -0.129. The van der Waals surface area contributed by atoms with Crippen LogP contribution in [0.3, 0.4) is 0 Å². The lowest BCUT2D eigenvalue weighted by atomic mass is 10.1. The molecule has 3 N–H and O–H groups in total. The molecule has 2 aromatic rings. The van der Waals surface area contributed by atoms with Gasteiger partial charge in [0.1, 0.15) is 0 Å². The quantitative estimate of drug-likeness (QED) is 0.549. The molecule has 8 heteroatoms. The second-order valence-corrected chi connectivity index (χ2v) is 9.11. The maximum absolute atomic E-state index is 11.3. The molecule has 0 spiro atoms. The molecule has 1 unspecified atom stereocenters. The summed E-state index contributed by atoms with van der Waals surface area (Å²) in [6, 6.07) is 8.15. The van der Waals surface area contributed by atoms with E-state index in [0.717, 1.165) is 30.1 Å². The number of likely N-dealkylation sites (N-methyl/N-ethyl adjacent to an activating group) is 1. The fraction of sp³-hybridized carbons (Fsp3) is 0.542. The number of aliphatic hydroxyl groups excluding tert-OH is 1. The van der Waals surface area contributed by atoms with E-state index in [9.17, 15) is 9.59 Å². The zero-order chi connectivity index (χ0) is 23.9. The van der Waals surface area contributed by atoms with Crippen molar-refractivity contribution >= 4 is 23.7 Å². The predicted octanol–water partition coefficient (Wildman–Crippen LogP) is 3.22. The lowest BCUT2D eigenvalue weighted by Gasteiger charge is -2.15. The van der Waals surface area contributed by atoms with Crippen LogP contribution in [0.1, 0.15) is 45.4 Å². The van der Waals surface area contributed by atoms with E-state index in [-0.39, 0.29) is 12.0 Å². The minimum Gasteiger partial charge on any atom is -0.391 e. The van der Waals surface area contributed by atoms with Crippen molar-refractivity contribution in [1.82, 2.24) is 20.5 Å². The Balaban J connectivity index is 0.000000283. The third kappa shape index (κ3) is 10.8. The zero-order valence-electron chi connectivity index (χ0n) is 19.9. The van der Waals surface area contributed by atoms with Gasteiger partial charge in [-0.15, -0.1) is 11.3 Å². The first-order valence-corrected chi connectivity index (χ1v) is 12.0. The Morgan fingerprint density at radius 3 is 2.44 bits per heavy atom. The van der Waals surface area contributed by atoms with Crippen LogP contribution in [0.2, 0.25) is 0 Å². The highest BCUT2D eigenvalue weighted by Crippen LogP contribution is 2.27. The van der Waals surface area contributed by atoms with Crippen LogP contribution in [-0.2, 0) is 16.1 Å². The van der Waals surface area contributed by atoms with Crippen LogP contribution in [0.25, 0.3) is 10.4 Å². The highest BCUT2D eigenvalue weighted by Gasteiger charge is 2.23. The summed E-state index contributed by atoms with van der Waals surface area (Å²) in [6.45, 7) is 13.5. The topological polar surface area (TPSA) is 94.6 Å². The lowest BCUT2D eigenvalue weighted by Crippen LogP contribution is -2.37. The number of rotatable bonds is 7. The average Bonchev–Trinajstić information content (AvgIpc) is 3.39. The third-order valence-electron chi connectivity index (χ3n) is 4.39. The van der Waals surface area contributed by atoms with Gasteiger partial charge in [-0.1, -0.05) is 52.0 Å². The van der Waals surface area contributed by atoms with E-state index >= 15 is 0 Å². The van der Waals surface area contributed by atoms with Crippen molar-refractivity contribution in [3.05, 3.63) is 41.0 Å². The summed E-state index contributed by atoms with van der Waals surface area (Å²) in [5.74, 6) is 0.924. The molecule has 7 nitrogen and oxygen atoms in total. The standard InChI is InChI=1S/C12H12N2OS.C8H16N2O2.C4H10/c1-9-12(16-8-14-9)11-4-2-10(3-5-11)6-13-7-15;1-2-9-5-8(12)10-4-3-7(11)6-10;1-4(2)3/h2-5,7-8H,6H2,1H3,(H,13,15);7,9,11H,2-6H2,1H3;4H,1-3H3. The van der Waals surface area contributed by atoms with E-state index in [4.69, 9.17) is 5.11 Å². The maximum Gasteiger partial charge on any atom is 0.236 e. The van der Waals surface area contributed by atoms with Crippen LogP contribution < -0.4 is 10.6 Å². The largest absolute Gasteiger partial charge is 0.391 e. The SMILES string of the molecule is CC(C)C.CCNCC(=O)N1CCC(O)C1.Cc1ncsc1-c1ccc(CNC=O)cc1. The molecular formula is C24H38N4O3S. The highest BCUT2D eigenvalue weighted by molar-refractivity contribution is 7.13. The van der Waals surface area contributed by atoms with Crippen molar-refractivity contribution in [2.45, 2.75) is 53.7 Å². The third-order valence-corrected chi connectivity index (χ3v) is 5.37. The van der Waals surface area contributed by atoms with Crippen LogP contribution in [0.5, 0.6) is 0 Å². The Hall–Kier alpha value is -2.29. The predicted molar refractivity (Wildman–Crippen MR) is 131 cm³/mol. The summed E-state index contributed by atoms with van der Waals surface area (Å²) >= 11 is 1.64. The number of hydrogen-bond acceptors (Lipinski definition) is 6. The number of likely N-dealkylation sites (tertiary alicyclic amines) is 1. The smallest absolute Gasteiger partial charge is 0.236 e. The van der Waals surface area contributed by atoms with Gasteiger partial charge in [0.15, 0.2) is 0 Å². The number of carbonyl (C=O) groups excluding carboxylic acids is 2. The number of nitrogens with zero attached hydrogens (tertiary/aromatic N) is 2. The van der Waals surface area contributed by atoms with Gasteiger partial charge in [0, 0.05) is 19.6 Å². The Kier molecular flexibility index (Phi) is 13.4. The van der Waals surface area contributed by atoms with E-state index in [1.165, 1.54) is 10.4 Å². The number of aryl methyl sites for hydroxylation is 1. The summed E-state index contributed by atoms with van der Waals surface area (Å²) in [4.78, 5) is 28.6. The first-order valence-electron chi connectivity index (χ1n) is 11.1. The van der Waals surface area contributed by atoms with Crippen molar-refractivity contribution in [2.24, 2.45) is 5.92 Å². The van der Waals surface area contributed by atoms with Gasteiger partial charge in [-0.2, -0.15) is 0 Å². The van der Waals surface area contributed by atoms with Crippen LogP contribution in [0, 0.1) is 12.8 Å². The molecule has 1 aliphatic heterocycles. The number of benzene rings is 1. The van der Waals surface area contributed by atoms with E-state index in [0.29, 0.717) is 32.6 Å². The molecule has 2 heterocycles. The number of amides is 2. The van der Waals surface area contributed by atoms with Gasteiger partial charge in [0.05, 0.1) is 28.7 Å². The number of thiazole rings is 1.